The molecule has 0 aromatic rings. The van der Waals surface area contributed by atoms with E-state index < -0.39 is 136 Å². The van der Waals surface area contributed by atoms with Crippen molar-refractivity contribution in [1.29, 1.82) is 0 Å². The smallest absolute Gasteiger partial charge is 0.364 e. The van der Waals surface area contributed by atoms with E-state index in [-0.39, 0.29) is 0 Å². The normalized spacial score (nSPS) is 37.5. The van der Waals surface area contributed by atoms with E-state index in [1.165, 1.54) is 0 Å². The van der Waals surface area contributed by atoms with E-state index in [0.29, 0.717) is 0 Å². The summed E-state index contributed by atoms with van der Waals surface area (Å²) in [5.41, 5.74) is 0. The fourth-order valence-corrected chi connectivity index (χ4v) is 4.65. The van der Waals surface area contributed by atoms with Crippen molar-refractivity contribution in [2.75, 3.05) is 26.4 Å². The van der Waals surface area contributed by atoms with Gasteiger partial charge in [0.15, 0.2) is 6.29 Å². The van der Waals surface area contributed by atoms with Crippen molar-refractivity contribution in [1.82, 2.24) is 5.32 Å². The van der Waals surface area contributed by atoms with Crippen molar-refractivity contribution >= 4 is 11.9 Å². The Morgan fingerprint density at radius 2 is 1.53 bits per heavy atom. The molecule has 43 heavy (non-hydrogen) atoms. The highest BCUT2D eigenvalue weighted by Crippen LogP contribution is 2.34. The molecule has 0 unspecified atom stereocenters. The molecule has 0 radical (unpaired) electrons. The summed E-state index contributed by atoms with van der Waals surface area (Å²) in [6.07, 6.45) is -26.5. The Kier molecular flexibility index (Phi) is 14.0. The van der Waals surface area contributed by atoms with Crippen LogP contribution >= 0.6 is 0 Å². The van der Waals surface area contributed by atoms with Gasteiger partial charge in [-0.2, -0.15) is 0 Å². The maximum absolute atomic E-state index is 12.3. The lowest BCUT2D eigenvalue weighted by Crippen LogP contribution is -2.68. The molecule has 20 heteroatoms. The van der Waals surface area contributed by atoms with E-state index in [1.54, 1.807) is 0 Å². The Balaban J connectivity index is 2.35. The summed E-state index contributed by atoms with van der Waals surface area (Å²) in [4.78, 5) is 24.0. The quantitative estimate of drug-likeness (QED) is 0.0794. The van der Waals surface area contributed by atoms with Gasteiger partial charge in [-0.05, 0) is 0 Å². The number of carboxylic acid groups (broad SMARTS) is 1. The average molecular weight is 636 g/mol. The summed E-state index contributed by atoms with van der Waals surface area (Å²) in [6, 6.07) is -1.52. The minimum absolute atomic E-state index is 0.743. The topological polar surface area (TPSA) is 346 Å². The van der Waals surface area contributed by atoms with Gasteiger partial charge in [0.2, 0.25) is 5.91 Å². The average Bonchev–Trinajstić information content (AvgIpc) is 2.97. The molecule has 2 heterocycles. The second-order valence-electron chi connectivity index (χ2n) is 10.3. The highest BCUT2D eigenvalue weighted by Gasteiger charge is 2.56. The van der Waals surface area contributed by atoms with E-state index in [9.17, 15) is 76.0 Å². The molecule has 252 valence electrons. The lowest BCUT2D eigenvalue weighted by Gasteiger charge is -2.47. The maximum atomic E-state index is 12.3. The van der Waals surface area contributed by atoms with E-state index in [0.717, 1.165) is 6.92 Å². The van der Waals surface area contributed by atoms with Crippen LogP contribution in [0.4, 0.5) is 0 Å². The first-order valence-corrected chi connectivity index (χ1v) is 13.1. The molecule has 0 spiro atoms. The lowest BCUT2D eigenvalue weighted by atomic mass is 9.88. The monoisotopic (exact) mass is 635 g/mol. The van der Waals surface area contributed by atoms with Crippen LogP contribution in [0.2, 0.25) is 0 Å². The molecule has 0 saturated carbocycles. The molecule has 2 saturated heterocycles. The van der Waals surface area contributed by atoms with Gasteiger partial charge in [0.1, 0.15) is 67.1 Å². The van der Waals surface area contributed by atoms with Crippen molar-refractivity contribution < 1.29 is 94.9 Å². The number of hydrogen-bond donors (Lipinski definition) is 14. The van der Waals surface area contributed by atoms with Crippen molar-refractivity contribution in [2.45, 2.75) is 105 Å². The molecule has 2 fully saturated rings. The van der Waals surface area contributed by atoms with Crippen molar-refractivity contribution in [2.24, 2.45) is 0 Å². The Hall–Kier alpha value is -1.70. The number of carbonyl (C=O) groups is 2. The largest absolute Gasteiger partial charge is 0.477 e. The Labute approximate surface area is 243 Å². The van der Waals surface area contributed by atoms with Crippen LogP contribution in [-0.2, 0) is 28.5 Å². The number of rotatable bonds is 15. The molecule has 0 aromatic heterocycles. The van der Waals surface area contributed by atoms with Crippen LogP contribution in [0.5, 0.6) is 0 Å². The second kappa shape index (κ2) is 16.0. The first kappa shape index (κ1) is 37.5. The van der Waals surface area contributed by atoms with E-state index >= 15 is 0 Å². The zero-order valence-corrected chi connectivity index (χ0v) is 22.9. The first-order chi connectivity index (χ1) is 20.0. The summed E-state index contributed by atoms with van der Waals surface area (Å²) in [7, 11) is 0. The van der Waals surface area contributed by atoms with Crippen molar-refractivity contribution in [3.05, 3.63) is 0 Å². The SMILES string of the molecule is CC(=O)N[C@H]1[C@H]([C@H](O)[C@H](O)CO)O[C@@](OC[C@@H](O)[C@@H](O[C@@H]2O[C@H](CO)[C@H](O)[C@H](O)[C@H]2O)[C@H](O)[C@@H](O)CO)(C(=O)O)C[C@@H]1O. The molecule has 0 bridgehead atoms. The number of hydrogen-bond acceptors (Lipinski definition) is 18. The van der Waals surface area contributed by atoms with E-state index in [4.69, 9.17) is 18.9 Å². The highest BCUT2D eigenvalue weighted by atomic mass is 16.7. The maximum Gasteiger partial charge on any atom is 0.364 e. The van der Waals surface area contributed by atoms with E-state index in [2.05, 4.69) is 5.32 Å². The zero-order valence-electron chi connectivity index (χ0n) is 22.9. The molecule has 20 nitrogen and oxygen atoms in total. The molecular formula is C23H41NO19. The summed E-state index contributed by atoms with van der Waals surface area (Å²) in [6.45, 7) is -3.14. The van der Waals surface area contributed by atoms with E-state index in [1.807, 2.05) is 0 Å². The van der Waals surface area contributed by atoms with Crippen LogP contribution in [0.3, 0.4) is 0 Å². The summed E-state index contributed by atoms with van der Waals surface area (Å²) in [5.74, 6) is -5.59. The number of aliphatic carboxylic acids is 1. The second-order valence-corrected chi connectivity index (χ2v) is 10.3. The van der Waals surface area contributed by atoms with Crippen LogP contribution in [0.1, 0.15) is 13.3 Å². The van der Waals surface area contributed by atoms with Gasteiger partial charge in [0, 0.05) is 13.3 Å². The molecule has 0 aromatic carbocycles. The Morgan fingerprint density at radius 1 is 0.930 bits per heavy atom. The van der Waals surface area contributed by atoms with Gasteiger partial charge in [-0.3, -0.25) is 4.79 Å². The number of amides is 1. The summed E-state index contributed by atoms with van der Waals surface area (Å²) in [5, 5.41) is 133. The zero-order chi connectivity index (χ0) is 32.8. The molecule has 2 rings (SSSR count). The number of nitrogens with one attached hydrogen (secondary N) is 1. The standard InChI is InChI=1S/C23H41NO19/c1-7(28)24-13-8(29)2-23(22(38)39,43-20(13)15(34)10(31)4-26)40-6-11(32)19(14(33)9(30)3-25)42-21-18(37)17(36)16(35)12(5-27)41-21/h8-21,25-27,29-37H,2-6H2,1H3,(H,24,28)(H,38,39)/t8-,9-,10+,11+,12+,13+,14+,15+,16-,17-,18+,19+,20+,21-,23+/m0/s1. The first-order valence-electron chi connectivity index (χ1n) is 13.1. The number of ether oxygens (including phenoxy) is 4. The molecule has 15 atom stereocenters. The Bertz CT molecular complexity index is 897. The predicted octanol–water partition coefficient (Wildman–Crippen LogP) is -8.59. The molecular weight excluding hydrogens is 594 g/mol. The fourth-order valence-electron chi connectivity index (χ4n) is 4.65. The molecule has 2 aliphatic rings. The van der Waals surface area contributed by atoms with Crippen LogP contribution in [-0.4, -0.2) is 196 Å². The van der Waals surface area contributed by atoms with Crippen LogP contribution in [0.15, 0.2) is 0 Å². The third-order valence-electron chi connectivity index (χ3n) is 7.11. The van der Waals surface area contributed by atoms with Crippen LogP contribution in [0, 0.1) is 0 Å². The van der Waals surface area contributed by atoms with Crippen LogP contribution in [0.25, 0.3) is 0 Å². The van der Waals surface area contributed by atoms with Crippen molar-refractivity contribution in [3.63, 3.8) is 0 Å². The lowest BCUT2D eigenvalue weighted by molar-refractivity contribution is -0.337. The van der Waals surface area contributed by atoms with Gasteiger partial charge < -0.3 is 90.6 Å². The fraction of sp³-hybridized carbons (Fsp3) is 0.913. The van der Waals surface area contributed by atoms with Crippen molar-refractivity contribution in [3.8, 4) is 0 Å². The van der Waals surface area contributed by atoms with Gasteiger partial charge in [0.25, 0.3) is 5.79 Å². The summed E-state index contributed by atoms with van der Waals surface area (Å²) < 4.78 is 21.2. The van der Waals surface area contributed by atoms with Gasteiger partial charge >= 0.3 is 5.97 Å². The molecule has 0 aliphatic carbocycles. The number of aliphatic hydroxyl groups is 12. The number of carbonyl (C=O) groups excluding carboxylic acids is 1. The minimum atomic E-state index is -2.91. The van der Waals surface area contributed by atoms with Crippen LogP contribution < -0.4 is 5.32 Å². The van der Waals surface area contributed by atoms with Gasteiger partial charge in [-0.15, -0.1) is 0 Å². The Morgan fingerprint density at radius 3 is 2.05 bits per heavy atom. The van der Waals surface area contributed by atoms with Gasteiger partial charge in [0.05, 0.1) is 38.6 Å². The molecule has 2 aliphatic heterocycles. The van der Waals surface area contributed by atoms with Gasteiger partial charge in [-0.1, -0.05) is 0 Å². The predicted molar refractivity (Wildman–Crippen MR) is 132 cm³/mol. The number of aliphatic hydroxyl groups excluding tert-OH is 12. The molecule has 14 N–H and O–H groups in total. The van der Waals surface area contributed by atoms with Gasteiger partial charge in [-0.25, -0.2) is 4.79 Å². The third kappa shape index (κ3) is 8.73. The minimum Gasteiger partial charge on any atom is -0.477 e. The highest BCUT2D eigenvalue weighted by molar-refractivity contribution is 5.76. The number of carboxylic acids is 1. The third-order valence-corrected chi connectivity index (χ3v) is 7.11. The summed E-state index contributed by atoms with van der Waals surface area (Å²) >= 11 is 0. The molecule has 1 amide bonds.